The fraction of sp³-hybridized carbons (Fsp3) is 0.267. The van der Waals surface area contributed by atoms with Crippen molar-refractivity contribution < 1.29 is 13.2 Å². The minimum absolute atomic E-state index is 0.0894. The van der Waals surface area contributed by atoms with Gasteiger partial charge in [0.1, 0.15) is 0 Å². The lowest BCUT2D eigenvalue weighted by Crippen LogP contribution is -2.47. The topological polar surface area (TPSA) is 78.5 Å². The van der Waals surface area contributed by atoms with Gasteiger partial charge in [-0.3, -0.25) is 9.10 Å². The summed E-state index contributed by atoms with van der Waals surface area (Å²) in [6.45, 7) is 0.924. The van der Waals surface area contributed by atoms with Crippen molar-refractivity contribution in [3.05, 3.63) is 41.8 Å². The van der Waals surface area contributed by atoms with Crippen LogP contribution in [0.3, 0.4) is 0 Å². The number of nitrogens with zero attached hydrogens (tertiary/aromatic N) is 1. The van der Waals surface area contributed by atoms with Gasteiger partial charge >= 0.3 is 10.2 Å². The van der Waals surface area contributed by atoms with Crippen LogP contribution in [0.15, 0.2) is 46.0 Å². The van der Waals surface area contributed by atoms with Crippen molar-refractivity contribution in [3.8, 4) is 0 Å². The number of thioether (sulfide) groups is 1. The summed E-state index contributed by atoms with van der Waals surface area (Å²) < 4.78 is 28.9. The summed E-state index contributed by atoms with van der Waals surface area (Å²) in [7, 11) is -3.45. The molecule has 0 bridgehead atoms. The van der Waals surface area contributed by atoms with Crippen LogP contribution in [0.1, 0.15) is 6.42 Å². The molecule has 2 N–H and O–H groups in total. The van der Waals surface area contributed by atoms with E-state index in [-0.39, 0.29) is 5.91 Å². The lowest BCUT2D eigenvalue weighted by Gasteiger charge is -2.28. The van der Waals surface area contributed by atoms with E-state index in [2.05, 4.69) is 10.0 Å². The van der Waals surface area contributed by atoms with Crippen LogP contribution in [-0.2, 0) is 15.0 Å². The highest BCUT2D eigenvalue weighted by molar-refractivity contribution is 8.01. The molecule has 0 radical (unpaired) electrons. The monoisotopic (exact) mass is 383 g/mol. The second-order valence-corrected chi connectivity index (χ2v) is 9.04. The number of anilines is 2. The highest BCUT2D eigenvalue weighted by Gasteiger charge is 2.25. The minimum Gasteiger partial charge on any atom is -0.325 e. The molecule has 0 unspecified atom stereocenters. The van der Waals surface area contributed by atoms with Crippen molar-refractivity contribution in [2.75, 3.05) is 28.5 Å². The van der Waals surface area contributed by atoms with Crippen molar-refractivity contribution in [1.29, 1.82) is 0 Å². The molecule has 6 nitrogen and oxygen atoms in total. The first-order chi connectivity index (χ1) is 11.5. The number of hydrogen-bond donors (Lipinski definition) is 2. The Balaban J connectivity index is 1.59. The van der Waals surface area contributed by atoms with Gasteiger partial charge in [0.05, 0.1) is 15.6 Å². The summed E-state index contributed by atoms with van der Waals surface area (Å²) in [5.74, 6) is 0.251. The quantitative estimate of drug-likeness (QED) is 0.778. The Morgan fingerprint density at radius 3 is 2.75 bits per heavy atom. The van der Waals surface area contributed by atoms with Crippen LogP contribution in [-0.4, -0.2) is 33.2 Å². The highest BCUT2D eigenvalue weighted by Crippen LogP contribution is 2.24. The Morgan fingerprint density at radius 1 is 1.29 bits per heavy atom. The average molecular weight is 384 g/mol. The maximum Gasteiger partial charge on any atom is 0.301 e. The third-order valence-corrected chi connectivity index (χ3v) is 7.07. The van der Waals surface area contributed by atoms with Gasteiger partial charge < -0.3 is 5.32 Å². The van der Waals surface area contributed by atoms with E-state index < -0.39 is 10.2 Å². The van der Waals surface area contributed by atoms with Crippen molar-refractivity contribution in [1.82, 2.24) is 4.72 Å². The van der Waals surface area contributed by atoms with E-state index in [4.69, 9.17) is 0 Å². The minimum atomic E-state index is -3.45. The lowest BCUT2D eigenvalue weighted by atomic mass is 10.2. The number of thiophene rings is 1. The summed E-state index contributed by atoms with van der Waals surface area (Å²) in [4.78, 5) is 12.0. The van der Waals surface area contributed by atoms with Gasteiger partial charge in [0.25, 0.3) is 0 Å². The molecule has 1 amide bonds. The molecule has 1 fully saturated rings. The van der Waals surface area contributed by atoms with E-state index in [1.54, 1.807) is 35.6 Å². The maximum absolute atomic E-state index is 12.0. The Hall–Kier alpha value is -1.55. The molecular formula is C15H17N3O3S3. The molecule has 1 saturated heterocycles. The van der Waals surface area contributed by atoms with E-state index in [9.17, 15) is 13.2 Å². The summed E-state index contributed by atoms with van der Waals surface area (Å²) in [6, 6.07) is 10.8. The molecule has 1 aliphatic heterocycles. The Bertz CT molecular complexity index is 789. The smallest absolute Gasteiger partial charge is 0.301 e. The zero-order valence-electron chi connectivity index (χ0n) is 12.8. The first-order valence-corrected chi connectivity index (χ1v) is 10.7. The molecule has 0 atom stereocenters. The van der Waals surface area contributed by atoms with Gasteiger partial charge in [0.15, 0.2) is 0 Å². The molecule has 0 aliphatic carbocycles. The molecular weight excluding hydrogens is 366 g/mol. The predicted octanol–water partition coefficient (Wildman–Crippen LogP) is 2.52. The molecule has 2 heterocycles. The third-order valence-electron chi connectivity index (χ3n) is 3.39. The summed E-state index contributed by atoms with van der Waals surface area (Å²) in [5, 5.41) is 4.79. The van der Waals surface area contributed by atoms with E-state index >= 15 is 0 Å². The molecule has 9 heteroatoms. The van der Waals surface area contributed by atoms with Crippen LogP contribution in [0.2, 0.25) is 0 Å². The number of benzene rings is 1. The Labute approximate surface area is 149 Å². The van der Waals surface area contributed by atoms with Gasteiger partial charge in [-0.25, -0.2) is 0 Å². The standard InChI is InChI=1S/C15H17N3O3S3/c19-14(11-23-15-3-1-10-22-15)17-12-4-6-13(7-5-12)18-9-2-8-16-24(18,20)21/h1,3-7,10,16H,2,8-9,11H2,(H,17,19). The zero-order chi connectivity index (χ0) is 17.0. The lowest BCUT2D eigenvalue weighted by molar-refractivity contribution is -0.113. The van der Waals surface area contributed by atoms with E-state index in [0.29, 0.717) is 30.2 Å². The van der Waals surface area contributed by atoms with Crippen molar-refractivity contribution in [2.24, 2.45) is 0 Å². The van der Waals surface area contributed by atoms with Crippen molar-refractivity contribution in [2.45, 2.75) is 10.6 Å². The molecule has 0 spiro atoms. The Kier molecular flexibility index (Phi) is 5.44. The van der Waals surface area contributed by atoms with E-state index in [0.717, 1.165) is 10.6 Å². The molecule has 3 rings (SSSR count). The number of hydrogen-bond acceptors (Lipinski definition) is 5. The number of amides is 1. The van der Waals surface area contributed by atoms with Crippen LogP contribution in [0.5, 0.6) is 0 Å². The zero-order valence-corrected chi connectivity index (χ0v) is 15.2. The second kappa shape index (κ2) is 7.56. The Morgan fingerprint density at radius 2 is 2.08 bits per heavy atom. The SMILES string of the molecule is O=C(CSc1cccs1)Nc1ccc(N2CCCNS2(=O)=O)cc1. The van der Waals surface area contributed by atoms with E-state index in [1.165, 1.54) is 16.1 Å². The van der Waals surface area contributed by atoms with Gasteiger partial charge in [-0.05, 0) is 42.1 Å². The molecule has 1 aromatic heterocycles. The number of carbonyl (C=O) groups is 1. The van der Waals surface area contributed by atoms with Gasteiger partial charge in [-0.1, -0.05) is 6.07 Å². The first-order valence-electron chi connectivity index (χ1n) is 7.38. The molecule has 24 heavy (non-hydrogen) atoms. The van der Waals surface area contributed by atoms with Crippen LogP contribution >= 0.6 is 23.1 Å². The number of rotatable bonds is 5. The summed E-state index contributed by atoms with van der Waals surface area (Å²) in [6.07, 6.45) is 0.762. The maximum atomic E-state index is 12.0. The van der Waals surface area contributed by atoms with Gasteiger partial charge in [0, 0.05) is 18.8 Å². The largest absolute Gasteiger partial charge is 0.325 e. The second-order valence-electron chi connectivity index (χ2n) is 5.14. The predicted molar refractivity (Wildman–Crippen MR) is 99.0 cm³/mol. The van der Waals surface area contributed by atoms with Crippen LogP contribution in [0, 0.1) is 0 Å². The van der Waals surface area contributed by atoms with Gasteiger partial charge in [-0.2, -0.15) is 13.1 Å². The van der Waals surface area contributed by atoms with Crippen molar-refractivity contribution >= 4 is 50.6 Å². The van der Waals surface area contributed by atoms with Crippen LogP contribution in [0.4, 0.5) is 11.4 Å². The highest BCUT2D eigenvalue weighted by atomic mass is 32.2. The number of nitrogens with one attached hydrogen (secondary N) is 2. The van der Waals surface area contributed by atoms with Crippen LogP contribution in [0.25, 0.3) is 0 Å². The molecule has 2 aromatic rings. The van der Waals surface area contributed by atoms with Gasteiger partial charge in [-0.15, -0.1) is 23.1 Å². The fourth-order valence-electron chi connectivity index (χ4n) is 2.28. The fourth-order valence-corrected chi connectivity index (χ4v) is 5.19. The molecule has 128 valence electrons. The third kappa shape index (κ3) is 4.29. The first kappa shape index (κ1) is 17.3. The summed E-state index contributed by atoms with van der Waals surface area (Å²) >= 11 is 3.09. The van der Waals surface area contributed by atoms with E-state index in [1.807, 2.05) is 17.5 Å². The van der Waals surface area contributed by atoms with Gasteiger partial charge in [0.2, 0.25) is 5.91 Å². The molecule has 0 saturated carbocycles. The van der Waals surface area contributed by atoms with Crippen molar-refractivity contribution in [3.63, 3.8) is 0 Å². The van der Waals surface area contributed by atoms with Crippen LogP contribution < -0.4 is 14.3 Å². The average Bonchev–Trinajstić information content (AvgIpc) is 3.07. The molecule has 1 aliphatic rings. The normalized spacial score (nSPS) is 16.8. The summed E-state index contributed by atoms with van der Waals surface area (Å²) in [5.41, 5.74) is 1.24. The molecule has 1 aromatic carbocycles. The number of carbonyl (C=O) groups excluding carboxylic acids is 1.